The molecule has 7 heteroatoms. The maximum atomic E-state index is 11.9. The third kappa shape index (κ3) is 8.40. The summed E-state index contributed by atoms with van der Waals surface area (Å²) in [6.45, 7) is 4.26. The average molecular weight is 478 g/mol. The van der Waals surface area contributed by atoms with Crippen molar-refractivity contribution in [1.29, 1.82) is 0 Å². The first kappa shape index (κ1) is 22.2. The number of halogens is 1. The lowest BCUT2D eigenvalue weighted by atomic mass is 10.0. The second kappa shape index (κ2) is 12.5. The van der Waals surface area contributed by atoms with Crippen LogP contribution in [0.15, 0.2) is 17.1 Å². The van der Waals surface area contributed by atoms with Crippen molar-refractivity contribution in [3.8, 4) is 0 Å². The average Bonchev–Trinajstić information content (AvgIpc) is 3.25. The molecule has 0 spiro atoms. The van der Waals surface area contributed by atoms with Crippen LogP contribution in [0.2, 0.25) is 0 Å². The molecule has 1 aliphatic carbocycles. The summed E-state index contributed by atoms with van der Waals surface area (Å²) < 4.78 is 0. The van der Waals surface area contributed by atoms with E-state index in [2.05, 4.69) is 40.0 Å². The lowest BCUT2D eigenvalue weighted by Gasteiger charge is -2.13. The number of guanidine groups is 1. The van der Waals surface area contributed by atoms with E-state index in [0.717, 1.165) is 18.9 Å². The number of hydrogen-bond acceptors (Lipinski definition) is 3. The van der Waals surface area contributed by atoms with Gasteiger partial charge in [-0.05, 0) is 37.3 Å². The summed E-state index contributed by atoms with van der Waals surface area (Å²) >= 11 is 1.83. The summed E-state index contributed by atoms with van der Waals surface area (Å²) in [5, 5.41) is 9.54. The maximum absolute atomic E-state index is 11.9. The number of carbonyl (C=O) groups excluding carboxylic acids is 1. The summed E-state index contributed by atoms with van der Waals surface area (Å²) in [5.74, 6) is 1.55. The van der Waals surface area contributed by atoms with Gasteiger partial charge in [0.25, 0.3) is 0 Å². The number of hydrogen-bond donors (Lipinski definition) is 3. The Hall–Kier alpha value is -0.830. The Morgan fingerprint density at radius 2 is 1.84 bits per heavy atom. The molecular formula is C18H31IN4OS. The van der Waals surface area contributed by atoms with E-state index in [1.165, 1.54) is 35.4 Å². The van der Waals surface area contributed by atoms with Crippen LogP contribution in [0.3, 0.4) is 0 Å². The van der Waals surface area contributed by atoms with Crippen molar-refractivity contribution >= 4 is 47.2 Å². The Labute approximate surface area is 172 Å². The molecule has 0 unspecified atom stereocenters. The van der Waals surface area contributed by atoms with Crippen LogP contribution in [0.5, 0.6) is 0 Å². The van der Waals surface area contributed by atoms with Crippen molar-refractivity contribution in [2.24, 2.45) is 10.9 Å². The second-order valence-corrected chi connectivity index (χ2v) is 7.53. The number of amides is 1. The number of thiophene rings is 1. The molecule has 25 heavy (non-hydrogen) atoms. The van der Waals surface area contributed by atoms with Gasteiger partial charge in [0.15, 0.2) is 5.96 Å². The summed E-state index contributed by atoms with van der Waals surface area (Å²) in [4.78, 5) is 18.8. The molecule has 0 aliphatic heterocycles. The third-order valence-electron chi connectivity index (χ3n) is 4.41. The van der Waals surface area contributed by atoms with E-state index >= 15 is 0 Å². The quantitative estimate of drug-likeness (QED) is 0.233. The van der Waals surface area contributed by atoms with E-state index in [-0.39, 0.29) is 29.9 Å². The van der Waals surface area contributed by atoms with E-state index in [1.54, 1.807) is 7.05 Å². The second-order valence-electron chi connectivity index (χ2n) is 6.28. The molecule has 142 valence electrons. The maximum Gasteiger partial charge on any atom is 0.220 e. The van der Waals surface area contributed by atoms with Crippen molar-refractivity contribution in [2.45, 2.75) is 52.0 Å². The number of aryl methyl sites for hydroxylation is 1. The summed E-state index contributed by atoms with van der Waals surface area (Å²) in [7, 11) is 1.76. The minimum absolute atomic E-state index is 0. The van der Waals surface area contributed by atoms with Gasteiger partial charge in [0.2, 0.25) is 5.91 Å². The minimum atomic E-state index is 0. The Bertz CT molecular complexity index is 541. The number of rotatable bonds is 8. The molecular weight excluding hydrogens is 447 g/mol. The fraction of sp³-hybridized carbons (Fsp3) is 0.667. The lowest BCUT2D eigenvalue weighted by Crippen LogP contribution is -2.41. The Morgan fingerprint density at radius 1 is 1.16 bits per heavy atom. The molecule has 0 saturated heterocycles. The normalized spacial score (nSPS) is 14.9. The van der Waals surface area contributed by atoms with Crippen molar-refractivity contribution in [3.63, 3.8) is 0 Å². The molecule has 5 nitrogen and oxygen atoms in total. The Kier molecular flexibility index (Phi) is 11.1. The van der Waals surface area contributed by atoms with Gasteiger partial charge < -0.3 is 16.0 Å². The first-order chi connectivity index (χ1) is 11.7. The van der Waals surface area contributed by atoms with Crippen LogP contribution in [0, 0.1) is 5.92 Å². The number of carbonyl (C=O) groups is 1. The summed E-state index contributed by atoms with van der Waals surface area (Å²) in [6, 6.07) is 4.34. The smallest absolute Gasteiger partial charge is 0.220 e. The zero-order valence-electron chi connectivity index (χ0n) is 15.3. The zero-order chi connectivity index (χ0) is 17.2. The van der Waals surface area contributed by atoms with Crippen LogP contribution < -0.4 is 16.0 Å². The Morgan fingerprint density at radius 3 is 2.48 bits per heavy atom. The van der Waals surface area contributed by atoms with Crippen LogP contribution in [-0.4, -0.2) is 32.0 Å². The predicted molar refractivity (Wildman–Crippen MR) is 117 cm³/mol. The van der Waals surface area contributed by atoms with Gasteiger partial charge in [0, 0.05) is 36.3 Å². The lowest BCUT2D eigenvalue weighted by molar-refractivity contribution is -0.121. The van der Waals surface area contributed by atoms with Crippen LogP contribution in [0.25, 0.3) is 0 Å². The van der Waals surface area contributed by atoms with Crippen LogP contribution >= 0.6 is 35.3 Å². The number of nitrogens with one attached hydrogen (secondary N) is 3. The molecule has 1 aliphatic rings. The molecule has 1 aromatic heterocycles. The topological polar surface area (TPSA) is 65.5 Å². The van der Waals surface area contributed by atoms with E-state index < -0.39 is 0 Å². The van der Waals surface area contributed by atoms with Crippen LogP contribution in [0.1, 0.15) is 48.8 Å². The van der Waals surface area contributed by atoms with Crippen LogP contribution in [-0.2, 0) is 17.8 Å². The van der Waals surface area contributed by atoms with Gasteiger partial charge >= 0.3 is 0 Å². The molecule has 0 bridgehead atoms. The molecule has 0 radical (unpaired) electrons. The van der Waals surface area contributed by atoms with Gasteiger partial charge in [-0.2, -0.15) is 0 Å². The van der Waals surface area contributed by atoms with E-state index in [4.69, 9.17) is 0 Å². The largest absolute Gasteiger partial charge is 0.355 e. The van der Waals surface area contributed by atoms with E-state index in [9.17, 15) is 4.79 Å². The van der Waals surface area contributed by atoms with Gasteiger partial charge in [-0.3, -0.25) is 9.79 Å². The number of nitrogens with zero attached hydrogens (tertiary/aromatic N) is 1. The highest BCUT2D eigenvalue weighted by Crippen LogP contribution is 2.27. The first-order valence-electron chi connectivity index (χ1n) is 9.00. The summed E-state index contributed by atoms with van der Waals surface area (Å²) in [6.07, 6.45) is 6.76. The SMILES string of the molecule is CCc1ccc(CNC(=NC)NCCNC(=O)CC2CCCC2)s1.I. The molecule has 0 aromatic carbocycles. The summed E-state index contributed by atoms with van der Waals surface area (Å²) in [5.41, 5.74) is 0. The third-order valence-corrected chi connectivity index (χ3v) is 5.64. The minimum Gasteiger partial charge on any atom is -0.355 e. The molecule has 3 N–H and O–H groups in total. The van der Waals surface area contributed by atoms with Gasteiger partial charge in [-0.25, -0.2) is 0 Å². The monoisotopic (exact) mass is 478 g/mol. The molecule has 0 atom stereocenters. The predicted octanol–water partition coefficient (Wildman–Crippen LogP) is 3.29. The zero-order valence-corrected chi connectivity index (χ0v) is 18.4. The molecule has 1 saturated carbocycles. The molecule has 1 heterocycles. The molecule has 2 rings (SSSR count). The van der Waals surface area contributed by atoms with E-state index in [1.807, 2.05) is 11.3 Å². The van der Waals surface area contributed by atoms with Gasteiger partial charge in [-0.15, -0.1) is 35.3 Å². The first-order valence-corrected chi connectivity index (χ1v) is 9.81. The fourth-order valence-corrected chi connectivity index (χ4v) is 3.93. The Balaban J connectivity index is 0.00000312. The number of aliphatic imine (C=N–C) groups is 1. The van der Waals surface area contributed by atoms with Gasteiger partial charge in [0.05, 0.1) is 6.54 Å². The highest BCUT2D eigenvalue weighted by molar-refractivity contribution is 14.0. The highest BCUT2D eigenvalue weighted by Gasteiger charge is 2.17. The van der Waals surface area contributed by atoms with Crippen molar-refractivity contribution < 1.29 is 4.79 Å². The molecule has 1 amide bonds. The standard InChI is InChI=1S/C18H30N4OS.HI/c1-3-15-8-9-16(24-15)13-22-18(19-2)21-11-10-20-17(23)12-14-6-4-5-7-14;/h8-9,14H,3-7,10-13H2,1-2H3,(H,20,23)(H2,19,21,22);1H. The van der Waals surface area contributed by atoms with Crippen molar-refractivity contribution in [3.05, 3.63) is 21.9 Å². The van der Waals surface area contributed by atoms with Gasteiger partial charge in [-0.1, -0.05) is 19.8 Å². The van der Waals surface area contributed by atoms with Gasteiger partial charge in [0.1, 0.15) is 0 Å². The highest BCUT2D eigenvalue weighted by atomic mass is 127. The molecule has 1 fully saturated rings. The van der Waals surface area contributed by atoms with Crippen molar-refractivity contribution in [1.82, 2.24) is 16.0 Å². The van der Waals surface area contributed by atoms with Crippen molar-refractivity contribution in [2.75, 3.05) is 20.1 Å². The fourth-order valence-electron chi connectivity index (χ4n) is 3.03. The van der Waals surface area contributed by atoms with Crippen LogP contribution in [0.4, 0.5) is 0 Å². The van der Waals surface area contributed by atoms with E-state index in [0.29, 0.717) is 25.4 Å². The molecule has 1 aromatic rings.